The topological polar surface area (TPSA) is 41.4 Å². The lowest BCUT2D eigenvalue weighted by molar-refractivity contribution is 0.0567. The molecule has 5 rings (SSSR count). The molecule has 3 heterocycles. The second-order valence-electron chi connectivity index (χ2n) is 8.83. The van der Waals surface area contributed by atoms with Crippen LogP contribution in [0.1, 0.15) is 61.1 Å². The van der Waals surface area contributed by atoms with Gasteiger partial charge in [-0.3, -0.25) is 9.69 Å². The minimum atomic E-state index is 0.143. The van der Waals surface area contributed by atoms with Crippen LogP contribution in [0.2, 0.25) is 0 Å². The number of carbonyl (C=O) groups is 1. The second-order valence-corrected chi connectivity index (χ2v) is 8.83. The van der Waals surface area contributed by atoms with Gasteiger partial charge >= 0.3 is 0 Å². The molecule has 0 atom stereocenters. The summed E-state index contributed by atoms with van der Waals surface area (Å²) in [4.78, 5) is 23.1. The van der Waals surface area contributed by atoms with Gasteiger partial charge < -0.3 is 9.47 Å². The first-order valence-electron chi connectivity index (χ1n) is 11.5. The van der Waals surface area contributed by atoms with E-state index in [-0.39, 0.29) is 5.91 Å². The molecule has 1 aromatic carbocycles. The lowest BCUT2D eigenvalue weighted by Gasteiger charge is -2.37. The van der Waals surface area contributed by atoms with Crippen LogP contribution in [-0.2, 0) is 13.0 Å². The number of rotatable bonds is 3. The Bertz CT molecular complexity index is 845. The van der Waals surface area contributed by atoms with Crippen molar-refractivity contribution >= 4 is 5.91 Å². The smallest absolute Gasteiger partial charge is 0.274 e. The summed E-state index contributed by atoms with van der Waals surface area (Å²) in [5.41, 5.74) is 2.98. The van der Waals surface area contributed by atoms with Crippen molar-refractivity contribution in [3.8, 4) is 11.4 Å². The zero-order valence-corrected chi connectivity index (χ0v) is 17.4. The van der Waals surface area contributed by atoms with Gasteiger partial charge in [0.05, 0.1) is 5.69 Å². The second kappa shape index (κ2) is 8.31. The molecule has 0 N–H and O–H groups in total. The first-order chi connectivity index (χ1) is 14.3. The molecule has 0 bridgehead atoms. The Hall–Kier alpha value is -2.14. The van der Waals surface area contributed by atoms with Crippen molar-refractivity contribution < 1.29 is 4.79 Å². The Balaban J connectivity index is 1.39. The molecule has 1 aliphatic carbocycles. The molecule has 1 amide bonds. The van der Waals surface area contributed by atoms with Gasteiger partial charge in [-0.15, -0.1) is 0 Å². The number of imidazole rings is 1. The fraction of sp³-hybridized carbons (Fsp3) is 0.583. The van der Waals surface area contributed by atoms with Gasteiger partial charge in [-0.1, -0.05) is 49.6 Å². The van der Waals surface area contributed by atoms with E-state index in [2.05, 4.69) is 33.7 Å². The molecule has 154 valence electrons. The summed E-state index contributed by atoms with van der Waals surface area (Å²) in [5.74, 6) is 1.11. The maximum absolute atomic E-state index is 13.5. The fourth-order valence-corrected chi connectivity index (χ4v) is 5.41. The molecule has 2 aromatic rings. The number of hydrogen-bond donors (Lipinski definition) is 0. The first-order valence-corrected chi connectivity index (χ1v) is 11.5. The number of carbonyl (C=O) groups excluding carboxylic acids is 1. The van der Waals surface area contributed by atoms with Crippen LogP contribution in [0.25, 0.3) is 11.4 Å². The maximum Gasteiger partial charge on any atom is 0.274 e. The van der Waals surface area contributed by atoms with Crippen LogP contribution in [0.5, 0.6) is 0 Å². The highest BCUT2D eigenvalue weighted by atomic mass is 16.2. The molecule has 0 radical (unpaired) electrons. The van der Waals surface area contributed by atoms with Crippen LogP contribution < -0.4 is 0 Å². The van der Waals surface area contributed by atoms with Crippen molar-refractivity contribution in [1.29, 1.82) is 0 Å². The van der Waals surface area contributed by atoms with Crippen molar-refractivity contribution in [2.75, 3.05) is 26.2 Å². The van der Waals surface area contributed by atoms with Gasteiger partial charge in [0.15, 0.2) is 0 Å². The van der Waals surface area contributed by atoms with Gasteiger partial charge in [0, 0.05) is 44.3 Å². The third kappa shape index (κ3) is 3.73. The van der Waals surface area contributed by atoms with Crippen LogP contribution in [-0.4, -0.2) is 57.5 Å². The van der Waals surface area contributed by atoms with E-state index in [1.54, 1.807) is 0 Å². The Kier molecular flexibility index (Phi) is 5.40. The average Bonchev–Trinajstić information content (AvgIpc) is 3.37. The first kappa shape index (κ1) is 18.9. The SMILES string of the molecule is O=C(c1nc(-c2ccccc2)n2c1CCCCC2)N1CCN(C2CCCC2)CC1. The molecular formula is C24H32N4O. The van der Waals surface area contributed by atoms with Crippen molar-refractivity contribution in [2.45, 2.75) is 64.0 Å². The minimum Gasteiger partial charge on any atom is -0.335 e. The van der Waals surface area contributed by atoms with Gasteiger partial charge in [-0.05, 0) is 32.1 Å². The van der Waals surface area contributed by atoms with E-state index in [4.69, 9.17) is 4.98 Å². The summed E-state index contributed by atoms with van der Waals surface area (Å²) in [6.45, 7) is 4.66. The highest BCUT2D eigenvalue weighted by Gasteiger charge is 2.31. The lowest BCUT2D eigenvalue weighted by Crippen LogP contribution is -2.51. The van der Waals surface area contributed by atoms with Gasteiger partial charge in [0.1, 0.15) is 11.5 Å². The van der Waals surface area contributed by atoms with Crippen LogP contribution in [0, 0.1) is 0 Å². The molecule has 29 heavy (non-hydrogen) atoms. The van der Waals surface area contributed by atoms with E-state index in [1.165, 1.54) is 32.1 Å². The third-order valence-electron chi connectivity index (χ3n) is 7.04. The van der Waals surface area contributed by atoms with Crippen molar-refractivity contribution in [1.82, 2.24) is 19.4 Å². The highest BCUT2D eigenvalue weighted by molar-refractivity contribution is 5.94. The molecule has 5 heteroatoms. The van der Waals surface area contributed by atoms with Crippen molar-refractivity contribution in [2.24, 2.45) is 0 Å². The number of amides is 1. The molecule has 2 fully saturated rings. The molecular weight excluding hydrogens is 360 g/mol. The third-order valence-corrected chi connectivity index (χ3v) is 7.04. The molecule has 1 saturated heterocycles. The quantitative estimate of drug-likeness (QED) is 0.793. The van der Waals surface area contributed by atoms with Crippen LogP contribution >= 0.6 is 0 Å². The summed E-state index contributed by atoms with van der Waals surface area (Å²) < 4.78 is 2.32. The largest absolute Gasteiger partial charge is 0.335 e. The predicted octanol–water partition coefficient (Wildman–Crippen LogP) is 3.98. The van der Waals surface area contributed by atoms with Crippen molar-refractivity contribution in [3.05, 3.63) is 41.7 Å². The maximum atomic E-state index is 13.5. The standard InChI is InChI=1S/C24H32N4O/c29-24(27-17-15-26(16-18-27)20-11-6-7-12-20)22-21-13-5-2-8-14-28(21)23(25-22)19-9-3-1-4-10-19/h1,3-4,9-10,20H,2,5-8,11-18H2. The predicted molar refractivity (Wildman–Crippen MR) is 115 cm³/mol. The van der Waals surface area contributed by atoms with Gasteiger partial charge in [-0.2, -0.15) is 0 Å². The monoisotopic (exact) mass is 392 g/mol. The number of benzene rings is 1. The Morgan fingerprint density at radius 2 is 1.62 bits per heavy atom. The van der Waals surface area contributed by atoms with Gasteiger partial charge in [0.25, 0.3) is 5.91 Å². The zero-order chi connectivity index (χ0) is 19.6. The van der Waals surface area contributed by atoms with Crippen molar-refractivity contribution in [3.63, 3.8) is 0 Å². The number of hydrogen-bond acceptors (Lipinski definition) is 3. The molecule has 0 unspecified atom stereocenters. The summed E-state index contributed by atoms with van der Waals surface area (Å²) in [5, 5.41) is 0. The van der Waals surface area contributed by atoms with E-state index in [0.717, 1.165) is 75.1 Å². The average molecular weight is 393 g/mol. The number of fused-ring (bicyclic) bond motifs is 1. The normalized spacial score (nSPS) is 21.2. The highest BCUT2D eigenvalue weighted by Crippen LogP contribution is 2.29. The molecule has 5 nitrogen and oxygen atoms in total. The summed E-state index contributed by atoms with van der Waals surface area (Å²) >= 11 is 0. The van der Waals surface area contributed by atoms with Crippen LogP contribution in [0.4, 0.5) is 0 Å². The molecule has 0 spiro atoms. The molecule has 1 aromatic heterocycles. The number of piperazine rings is 1. The van der Waals surface area contributed by atoms with E-state index >= 15 is 0 Å². The van der Waals surface area contributed by atoms with Gasteiger partial charge in [-0.25, -0.2) is 4.98 Å². The van der Waals surface area contributed by atoms with Crippen LogP contribution in [0.15, 0.2) is 30.3 Å². The van der Waals surface area contributed by atoms with E-state index < -0.39 is 0 Å². The van der Waals surface area contributed by atoms with E-state index in [1.807, 2.05) is 11.0 Å². The Morgan fingerprint density at radius 1 is 0.862 bits per heavy atom. The van der Waals surface area contributed by atoms with Crippen LogP contribution in [0.3, 0.4) is 0 Å². The lowest BCUT2D eigenvalue weighted by atomic mass is 10.1. The van der Waals surface area contributed by atoms with E-state index in [9.17, 15) is 4.79 Å². The fourth-order valence-electron chi connectivity index (χ4n) is 5.41. The molecule has 3 aliphatic rings. The zero-order valence-electron chi connectivity index (χ0n) is 17.4. The van der Waals surface area contributed by atoms with Gasteiger partial charge in [0.2, 0.25) is 0 Å². The molecule has 1 saturated carbocycles. The Morgan fingerprint density at radius 3 is 2.38 bits per heavy atom. The Labute approximate surface area is 173 Å². The summed E-state index contributed by atoms with van der Waals surface area (Å²) in [7, 11) is 0. The summed E-state index contributed by atoms with van der Waals surface area (Å²) in [6.07, 6.45) is 9.91. The van der Waals surface area contributed by atoms with E-state index in [0.29, 0.717) is 5.69 Å². The summed E-state index contributed by atoms with van der Waals surface area (Å²) in [6, 6.07) is 11.1. The number of nitrogens with zero attached hydrogens (tertiary/aromatic N) is 4. The number of aromatic nitrogens is 2. The molecule has 2 aliphatic heterocycles. The minimum absolute atomic E-state index is 0.143.